The molecule has 0 aromatic heterocycles. The summed E-state index contributed by atoms with van der Waals surface area (Å²) in [5.74, 6) is 1.55. The van der Waals surface area contributed by atoms with E-state index in [4.69, 9.17) is 9.47 Å². The fourth-order valence-electron chi connectivity index (χ4n) is 7.93. The van der Waals surface area contributed by atoms with Gasteiger partial charge in [-0.3, -0.25) is 9.69 Å². The van der Waals surface area contributed by atoms with Crippen LogP contribution >= 0.6 is 0 Å². The molecular weight excluding hydrogens is 500 g/mol. The second kappa shape index (κ2) is 11.6. The number of hydrogen-bond donors (Lipinski definition) is 1. The van der Waals surface area contributed by atoms with E-state index in [1.165, 1.54) is 18.1 Å². The van der Waals surface area contributed by atoms with Crippen LogP contribution in [0.5, 0.6) is 5.75 Å². The standard InChI is InChI=1S/C34H46N2O4/c1-23-11-16-30(33(3,4)27-9-7-6-8-10-27)31(17-23)40-32(38)34(35-24(2)37)19-26-18-28(34)22-36(21-26)20-25-12-14-29(39-5)15-13-25/h6-10,12-15,23,26,28,30-31H,11,16-22H2,1-5H3,(H,35,37)/t23-,26+,28+,30-,31-,34+/m1/s1. The van der Waals surface area contributed by atoms with Gasteiger partial charge in [-0.15, -0.1) is 0 Å². The minimum Gasteiger partial charge on any atom is -0.497 e. The van der Waals surface area contributed by atoms with Crippen molar-refractivity contribution in [2.45, 2.75) is 83.4 Å². The predicted octanol–water partition coefficient (Wildman–Crippen LogP) is 5.74. The maximum atomic E-state index is 14.3. The summed E-state index contributed by atoms with van der Waals surface area (Å²) in [4.78, 5) is 29.3. The summed E-state index contributed by atoms with van der Waals surface area (Å²) in [7, 11) is 1.68. The number of amides is 1. The Morgan fingerprint density at radius 3 is 2.42 bits per heavy atom. The van der Waals surface area contributed by atoms with E-state index < -0.39 is 5.54 Å². The van der Waals surface area contributed by atoms with Gasteiger partial charge in [-0.25, -0.2) is 4.79 Å². The molecule has 1 amide bonds. The van der Waals surface area contributed by atoms with Crippen molar-refractivity contribution in [1.29, 1.82) is 0 Å². The fourth-order valence-corrected chi connectivity index (χ4v) is 7.93. The fraction of sp³-hybridized carbons (Fsp3) is 0.588. The number of nitrogens with one attached hydrogen (secondary N) is 1. The Bertz CT molecular complexity index is 1180. The van der Waals surface area contributed by atoms with E-state index in [1.807, 2.05) is 18.2 Å². The summed E-state index contributed by atoms with van der Waals surface area (Å²) in [5.41, 5.74) is 1.40. The van der Waals surface area contributed by atoms with Crippen LogP contribution < -0.4 is 10.1 Å². The molecule has 40 heavy (non-hydrogen) atoms. The third-order valence-electron chi connectivity index (χ3n) is 10.0. The Labute approximate surface area is 239 Å². The normalized spacial score (nSPS) is 30.5. The molecule has 0 spiro atoms. The van der Waals surface area contributed by atoms with Crippen molar-refractivity contribution in [3.05, 3.63) is 65.7 Å². The van der Waals surface area contributed by atoms with E-state index in [1.54, 1.807) is 7.11 Å². The van der Waals surface area contributed by atoms with Crippen LogP contribution in [0.15, 0.2) is 54.6 Å². The van der Waals surface area contributed by atoms with E-state index in [-0.39, 0.29) is 35.2 Å². The van der Waals surface area contributed by atoms with Crippen molar-refractivity contribution in [3.63, 3.8) is 0 Å². The molecule has 2 aromatic carbocycles. The minimum absolute atomic E-state index is 0.0301. The maximum Gasteiger partial charge on any atom is 0.332 e. The Kier molecular flexibility index (Phi) is 8.28. The van der Waals surface area contributed by atoms with Gasteiger partial charge in [-0.05, 0) is 66.2 Å². The number of piperidine rings is 1. The zero-order chi connectivity index (χ0) is 28.5. The number of likely N-dealkylation sites (tertiary alicyclic amines) is 1. The lowest BCUT2D eigenvalue weighted by Gasteiger charge is -2.45. The van der Waals surface area contributed by atoms with Crippen LogP contribution in [0, 0.1) is 23.7 Å². The van der Waals surface area contributed by atoms with Gasteiger partial charge in [0.2, 0.25) is 5.91 Å². The monoisotopic (exact) mass is 546 g/mol. The summed E-state index contributed by atoms with van der Waals surface area (Å²) in [6.07, 6.45) is 4.43. The van der Waals surface area contributed by atoms with Crippen LogP contribution in [-0.2, 0) is 26.3 Å². The molecule has 1 aliphatic heterocycles. The second-order valence-electron chi connectivity index (χ2n) is 13.3. The Balaban J connectivity index is 1.36. The summed E-state index contributed by atoms with van der Waals surface area (Å²) in [6, 6.07) is 18.8. The molecule has 2 aliphatic carbocycles. The number of carbonyl (C=O) groups excluding carboxylic acids is 2. The number of methoxy groups -OCH3 is 1. The molecule has 1 heterocycles. The first-order chi connectivity index (χ1) is 19.1. The van der Waals surface area contributed by atoms with Gasteiger partial charge < -0.3 is 14.8 Å². The number of carbonyl (C=O) groups is 2. The zero-order valence-corrected chi connectivity index (χ0v) is 24.8. The molecule has 2 aromatic rings. The van der Waals surface area contributed by atoms with E-state index >= 15 is 0 Å². The lowest BCUT2D eigenvalue weighted by molar-refractivity contribution is -0.168. The van der Waals surface area contributed by atoms with E-state index in [9.17, 15) is 9.59 Å². The largest absolute Gasteiger partial charge is 0.497 e. The van der Waals surface area contributed by atoms with Gasteiger partial charge >= 0.3 is 5.97 Å². The molecule has 216 valence electrons. The highest BCUT2D eigenvalue weighted by atomic mass is 16.5. The molecule has 3 fully saturated rings. The number of ether oxygens (including phenoxy) is 2. The Hall–Kier alpha value is -2.86. The van der Waals surface area contributed by atoms with Crippen molar-refractivity contribution in [2.24, 2.45) is 23.7 Å². The first-order valence-electron chi connectivity index (χ1n) is 15.0. The molecule has 6 heteroatoms. The molecule has 0 unspecified atom stereocenters. The highest BCUT2D eigenvalue weighted by Crippen LogP contribution is 2.48. The lowest BCUT2D eigenvalue weighted by atomic mass is 9.64. The zero-order valence-electron chi connectivity index (χ0n) is 24.8. The number of rotatable bonds is 8. The van der Waals surface area contributed by atoms with Crippen molar-refractivity contribution >= 4 is 11.9 Å². The molecule has 5 rings (SSSR count). The van der Waals surface area contributed by atoms with Gasteiger partial charge in [0, 0.05) is 38.4 Å². The quantitative estimate of drug-likeness (QED) is 0.428. The van der Waals surface area contributed by atoms with Gasteiger partial charge in [-0.1, -0.05) is 69.7 Å². The van der Waals surface area contributed by atoms with Crippen molar-refractivity contribution in [1.82, 2.24) is 10.2 Å². The molecule has 2 bridgehead atoms. The Morgan fingerprint density at radius 1 is 1.02 bits per heavy atom. The maximum absolute atomic E-state index is 14.3. The second-order valence-corrected chi connectivity index (χ2v) is 13.3. The van der Waals surface area contributed by atoms with Crippen LogP contribution in [0.4, 0.5) is 0 Å². The van der Waals surface area contributed by atoms with Gasteiger partial charge in [0.25, 0.3) is 0 Å². The molecule has 1 N–H and O–H groups in total. The van der Waals surface area contributed by atoms with Crippen LogP contribution in [0.3, 0.4) is 0 Å². The summed E-state index contributed by atoms with van der Waals surface area (Å²) < 4.78 is 11.9. The lowest BCUT2D eigenvalue weighted by Crippen LogP contribution is -2.60. The summed E-state index contributed by atoms with van der Waals surface area (Å²) >= 11 is 0. The van der Waals surface area contributed by atoms with Gasteiger partial charge in [-0.2, -0.15) is 0 Å². The average Bonchev–Trinajstić information content (AvgIpc) is 3.18. The molecule has 2 saturated carbocycles. The number of hydrogen-bond acceptors (Lipinski definition) is 5. The number of esters is 1. The number of nitrogens with zero attached hydrogens (tertiary/aromatic N) is 1. The third kappa shape index (κ3) is 5.79. The highest BCUT2D eigenvalue weighted by molar-refractivity contribution is 5.88. The van der Waals surface area contributed by atoms with E-state index in [2.05, 4.69) is 67.4 Å². The first-order valence-corrected chi connectivity index (χ1v) is 15.0. The topological polar surface area (TPSA) is 67.9 Å². The highest BCUT2D eigenvalue weighted by Gasteiger charge is 2.58. The first kappa shape index (κ1) is 28.7. The molecule has 6 atom stereocenters. The summed E-state index contributed by atoms with van der Waals surface area (Å²) in [5, 5.41) is 3.16. The van der Waals surface area contributed by atoms with Crippen molar-refractivity contribution < 1.29 is 19.1 Å². The number of benzene rings is 2. The Morgan fingerprint density at radius 2 is 1.75 bits per heavy atom. The van der Waals surface area contributed by atoms with Crippen molar-refractivity contribution in [2.75, 3.05) is 20.2 Å². The molecule has 0 radical (unpaired) electrons. The molecule has 3 aliphatic rings. The van der Waals surface area contributed by atoms with E-state index in [0.29, 0.717) is 18.3 Å². The van der Waals surface area contributed by atoms with Crippen LogP contribution in [0.25, 0.3) is 0 Å². The van der Waals surface area contributed by atoms with Crippen LogP contribution in [0.2, 0.25) is 0 Å². The van der Waals surface area contributed by atoms with Gasteiger partial charge in [0.15, 0.2) is 0 Å². The van der Waals surface area contributed by atoms with Crippen LogP contribution in [-0.4, -0.2) is 48.6 Å². The number of fused-ring (bicyclic) bond motifs is 2. The molecule has 6 nitrogen and oxygen atoms in total. The SMILES string of the molecule is COc1ccc(CN2C[C@H]3C[C@@H](C2)[C@](NC(C)=O)(C(=O)O[C@@H]2C[C@H](C)CC[C@H]2C(C)(C)c2ccccc2)C3)cc1. The average molecular weight is 547 g/mol. The van der Waals surface area contributed by atoms with E-state index in [0.717, 1.165) is 51.1 Å². The van der Waals surface area contributed by atoms with Gasteiger partial charge in [0.05, 0.1) is 7.11 Å². The third-order valence-corrected chi connectivity index (χ3v) is 10.0. The van der Waals surface area contributed by atoms with Crippen molar-refractivity contribution in [3.8, 4) is 5.75 Å². The predicted molar refractivity (Wildman–Crippen MR) is 157 cm³/mol. The van der Waals surface area contributed by atoms with Gasteiger partial charge in [0.1, 0.15) is 17.4 Å². The molecular formula is C34H46N2O4. The smallest absolute Gasteiger partial charge is 0.332 e. The molecule has 1 saturated heterocycles. The van der Waals surface area contributed by atoms with Crippen LogP contribution in [0.1, 0.15) is 70.9 Å². The summed E-state index contributed by atoms with van der Waals surface area (Å²) in [6.45, 7) is 10.8. The minimum atomic E-state index is -0.965.